The number of rotatable bonds is 5. The fraction of sp³-hybridized carbons (Fsp3) is 0.0476. The summed E-state index contributed by atoms with van der Waals surface area (Å²) in [6.07, 6.45) is 1.58. The number of nitrogens with zero attached hydrogens (tertiary/aromatic N) is 2. The van der Waals surface area contributed by atoms with Crippen LogP contribution in [0.1, 0.15) is 10.5 Å². The lowest BCUT2D eigenvalue weighted by Gasteiger charge is -2.09. The molecule has 0 fully saturated rings. The van der Waals surface area contributed by atoms with Gasteiger partial charge in [-0.25, -0.2) is 4.68 Å². The Kier molecular flexibility index (Phi) is 4.45. The van der Waals surface area contributed by atoms with Crippen molar-refractivity contribution in [2.24, 2.45) is 0 Å². The van der Waals surface area contributed by atoms with Crippen LogP contribution in [-0.4, -0.2) is 22.8 Å². The Labute approximate surface area is 156 Å². The maximum atomic E-state index is 12.9. The number of hydrogen-bond donors (Lipinski definition) is 1. The fourth-order valence-corrected chi connectivity index (χ4v) is 2.75. The Hall–Kier alpha value is -3.80. The van der Waals surface area contributed by atoms with E-state index in [1.165, 1.54) is 0 Å². The van der Waals surface area contributed by atoms with Gasteiger partial charge in [0.2, 0.25) is 0 Å². The van der Waals surface area contributed by atoms with Gasteiger partial charge in [0.25, 0.3) is 5.91 Å². The first-order chi connectivity index (χ1) is 13.2. The molecule has 1 N–H and O–H groups in total. The number of carbonyl (C=O) groups is 1. The van der Waals surface area contributed by atoms with E-state index in [0.717, 1.165) is 5.69 Å². The molecule has 2 heterocycles. The van der Waals surface area contributed by atoms with E-state index in [2.05, 4.69) is 10.4 Å². The highest BCUT2D eigenvalue weighted by Crippen LogP contribution is 2.23. The number of hydrogen-bond acceptors (Lipinski definition) is 4. The molecule has 0 saturated carbocycles. The summed E-state index contributed by atoms with van der Waals surface area (Å²) in [6, 6.07) is 22.0. The quantitative estimate of drug-likeness (QED) is 0.574. The van der Waals surface area contributed by atoms with Crippen LogP contribution in [0.3, 0.4) is 0 Å². The molecule has 0 bridgehead atoms. The van der Waals surface area contributed by atoms with Gasteiger partial charge >= 0.3 is 0 Å². The van der Waals surface area contributed by atoms with Crippen LogP contribution in [-0.2, 0) is 0 Å². The zero-order valence-corrected chi connectivity index (χ0v) is 14.6. The number of anilines is 1. The van der Waals surface area contributed by atoms with Gasteiger partial charge in [-0.05, 0) is 36.4 Å². The molecule has 6 nitrogen and oxygen atoms in total. The predicted molar refractivity (Wildman–Crippen MR) is 102 cm³/mol. The van der Waals surface area contributed by atoms with Crippen LogP contribution >= 0.6 is 0 Å². The number of furan rings is 1. The Morgan fingerprint density at radius 2 is 1.89 bits per heavy atom. The van der Waals surface area contributed by atoms with Crippen molar-refractivity contribution in [2.45, 2.75) is 0 Å². The molecule has 0 unspecified atom stereocenters. The monoisotopic (exact) mass is 359 g/mol. The number of para-hydroxylation sites is 1. The van der Waals surface area contributed by atoms with E-state index < -0.39 is 0 Å². The Morgan fingerprint density at radius 3 is 2.63 bits per heavy atom. The van der Waals surface area contributed by atoms with Gasteiger partial charge < -0.3 is 14.5 Å². The second-order valence-corrected chi connectivity index (χ2v) is 5.83. The molecule has 4 rings (SSSR count). The van der Waals surface area contributed by atoms with E-state index in [0.29, 0.717) is 28.6 Å². The molecule has 1 amide bonds. The molecule has 2 aromatic carbocycles. The van der Waals surface area contributed by atoms with Crippen LogP contribution in [0.5, 0.6) is 5.75 Å². The van der Waals surface area contributed by atoms with E-state index >= 15 is 0 Å². The maximum Gasteiger partial charge on any atom is 0.274 e. The van der Waals surface area contributed by atoms with Crippen LogP contribution in [0.15, 0.2) is 83.5 Å². The molecular weight excluding hydrogens is 342 g/mol. The minimum absolute atomic E-state index is 0.280. The molecular formula is C21H17N3O3. The van der Waals surface area contributed by atoms with E-state index in [1.54, 1.807) is 48.4 Å². The second kappa shape index (κ2) is 7.21. The number of ether oxygens (including phenoxy) is 1. The largest absolute Gasteiger partial charge is 0.497 e. The third-order valence-corrected chi connectivity index (χ3v) is 4.04. The van der Waals surface area contributed by atoms with Gasteiger partial charge in [-0.15, -0.1) is 0 Å². The molecule has 0 aliphatic heterocycles. The van der Waals surface area contributed by atoms with E-state index in [9.17, 15) is 4.79 Å². The smallest absolute Gasteiger partial charge is 0.274 e. The van der Waals surface area contributed by atoms with Crippen molar-refractivity contribution < 1.29 is 13.9 Å². The molecule has 134 valence electrons. The highest BCUT2D eigenvalue weighted by atomic mass is 16.5. The number of benzene rings is 2. The van der Waals surface area contributed by atoms with Gasteiger partial charge in [-0.3, -0.25) is 4.79 Å². The first-order valence-electron chi connectivity index (χ1n) is 8.39. The zero-order valence-electron chi connectivity index (χ0n) is 14.6. The number of amides is 1. The summed E-state index contributed by atoms with van der Waals surface area (Å²) in [5.74, 6) is 0.984. The van der Waals surface area contributed by atoms with Gasteiger partial charge in [0.15, 0.2) is 5.76 Å². The molecule has 0 aliphatic carbocycles. The maximum absolute atomic E-state index is 12.9. The first kappa shape index (κ1) is 16.7. The van der Waals surface area contributed by atoms with E-state index in [4.69, 9.17) is 9.15 Å². The Morgan fingerprint density at radius 1 is 1.04 bits per heavy atom. The lowest BCUT2D eigenvalue weighted by atomic mass is 10.2. The number of methoxy groups -OCH3 is 1. The van der Waals surface area contributed by atoms with Crippen molar-refractivity contribution in [3.05, 3.63) is 84.8 Å². The molecule has 2 aromatic heterocycles. The third kappa shape index (κ3) is 3.46. The van der Waals surface area contributed by atoms with Gasteiger partial charge in [0.05, 0.1) is 19.1 Å². The van der Waals surface area contributed by atoms with Crippen LogP contribution in [0, 0.1) is 0 Å². The second-order valence-electron chi connectivity index (χ2n) is 5.83. The molecule has 0 spiro atoms. The highest BCUT2D eigenvalue weighted by molar-refractivity contribution is 6.04. The number of aromatic nitrogens is 2. The lowest BCUT2D eigenvalue weighted by molar-refractivity contribution is 0.101. The molecule has 0 radical (unpaired) electrons. The molecule has 6 heteroatoms. The minimum atomic E-state index is -0.280. The van der Waals surface area contributed by atoms with Crippen molar-refractivity contribution in [3.8, 4) is 22.9 Å². The predicted octanol–water partition coefficient (Wildman–Crippen LogP) is 4.39. The summed E-state index contributed by atoms with van der Waals surface area (Å²) in [6.45, 7) is 0. The first-order valence-corrected chi connectivity index (χ1v) is 8.39. The zero-order chi connectivity index (χ0) is 18.6. The summed E-state index contributed by atoms with van der Waals surface area (Å²) in [5.41, 5.74) is 2.40. The van der Waals surface area contributed by atoms with Crippen LogP contribution < -0.4 is 10.1 Å². The summed E-state index contributed by atoms with van der Waals surface area (Å²) >= 11 is 0. The lowest BCUT2D eigenvalue weighted by Crippen LogP contribution is -2.16. The summed E-state index contributed by atoms with van der Waals surface area (Å²) in [4.78, 5) is 12.9. The summed E-state index contributed by atoms with van der Waals surface area (Å²) in [7, 11) is 1.58. The highest BCUT2D eigenvalue weighted by Gasteiger charge is 2.19. The van der Waals surface area contributed by atoms with Gasteiger partial charge in [-0.1, -0.05) is 24.3 Å². The number of carbonyl (C=O) groups excluding carboxylic acids is 1. The Balaban J connectivity index is 1.72. The van der Waals surface area contributed by atoms with Crippen molar-refractivity contribution in [3.63, 3.8) is 0 Å². The fourth-order valence-electron chi connectivity index (χ4n) is 2.75. The van der Waals surface area contributed by atoms with Gasteiger partial charge in [0.1, 0.15) is 17.1 Å². The normalized spacial score (nSPS) is 10.6. The van der Waals surface area contributed by atoms with Gasteiger partial charge in [-0.2, -0.15) is 5.10 Å². The topological polar surface area (TPSA) is 69.3 Å². The summed E-state index contributed by atoms with van der Waals surface area (Å²) < 4.78 is 12.2. The average molecular weight is 359 g/mol. The SMILES string of the molecule is COc1cccc(NC(=O)c2cc(-c3ccco3)nn2-c2ccccc2)c1. The molecule has 0 atom stereocenters. The van der Waals surface area contributed by atoms with Crippen molar-refractivity contribution >= 4 is 11.6 Å². The standard InChI is InChI=1S/C21H17N3O3/c1-26-17-10-5-7-15(13-17)22-21(25)19-14-18(20-11-6-12-27-20)23-24(19)16-8-3-2-4-9-16/h2-14H,1H3,(H,22,25). The average Bonchev–Trinajstić information content (AvgIpc) is 3.38. The molecule has 0 aliphatic rings. The van der Waals surface area contributed by atoms with Crippen LogP contribution in [0.4, 0.5) is 5.69 Å². The van der Waals surface area contributed by atoms with Crippen LogP contribution in [0.2, 0.25) is 0 Å². The molecule has 4 aromatic rings. The van der Waals surface area contributed by atoms with Crippen molar-refractivity contribution in [1.29, 1.82) is 0 Å². The van der Waals surface area contributed by atoms with Crippen LogP contribution in [0.25, 0.3) is 17.1 Å². The molecule has 27 heavy (non-hydrogen) atoms. The van der Waals surface area contributed by atoms with E-state index in [-0.39, 0.29) is 5.91 Å². The van der Waals surface area contributed by atoms with E-state index in [1.807, 2.05) is 42.5 Å². The summed E-state index contributed by atoms with van der Waals surface area (Å²) in [5, 5.41) is 7.45. The van der Waals surface area contributed by atoms with Crippen molar-refractivity contribution in [1.82, 2.24) is 9.78 Å². The number of nitrogens with one attached hydrogen (secondary N) is 1. The third-order valence-electron chi connectivity index (χ3n) is 4.04. The van der Waals surface area contributed by atoms with Gasteiger partial charge in [0, 0.05) is 17.8 Å². The Bertz CT molecular complexity index is 1050. The van der Waals surface area contributed by atoms with Crippen molar-refractivity contribution in [2.75, 3.05) is 12.4 Å². The minimum Gasteiger partial charge on any atom is -0.497 e. The molecule has 0 saturated heterocycles.